The van der Waals surface area contributed by atoms with Gasteiger partial charge in [0.2, 0.25) is 0 Å². The van der Waals surface area contributed by atoms with Gasteiger partial charge in [-0.2, -0.15) is 0 Å². The number of hydrogen-bond donors (Lipinski definition) is 1. The van der Waals surface area contributed by atoms with Gasteiger partial charge in [0.1, 0.15) is 5.76 Å². The number of furan rings is 1. The molecule has 2 aliphatic rings. The van der Waals surface area contributed by atoms with Crippen LogP contribution in [0.2, 0.25) is 0 Å². The second-order valence-electron chi connectivity index (χ2n) is 5.27. The van der Waals surface area contributed by atoms with Gasteiger partial charge in [0.25, 0.3) is 5.91 Å². The maximum atomic E-state index is 12.2. The summed E-state index contributed by atoms with van der Waals surface area (Å²) in [6.45, 7) is 2.47. The molecule has 1 N–H and O–H groups in total. The maximum Gasteiger partial charge on any atom is 0.289 e. The summed E-state index contributed by atoms with van der Waals surface area (Å²) < 4.78 is 5.62. The summed E-state index contributed by atoms with van der Waals surface area (Å²) in [5, 5.41) is 3.39. The first kappa shape index (κ1) is 11.8. The smallest absolute Gasteiger partial charge is 0.289 e. The fraction of sp³-hybridized carbons (Fsp3) is 0.643. The van der Waals surface area contributed by atoms with E-state index in [1.54, 1.807) is 6.07 Å². The summed E-state index contributed by atoms with van der Waals surface area (Å²) in [5.41, 5.74) is 0. The Balaban J connectivity index is 1.58. The van der Waals surface area contributed by atoms with Crippen molar-refractivity contribution in [1.29, 1.82) is 0 Å². The predicted octanol–water partition coefficient (Wildman–Crippen LogP) is 2.16. The highest BCUT2D eigenvalue weighted by atomic mass is 16.4. The van der Waals surface area contributed by atoms with Gasteiger partial charge in [-0.3, -0.25) is 4.79 Å². The second-order valence-corrected chi connectivity index (χ2v) is 5.27. The van der Waals surface area contributed by atoms with Crippen LogP contribution in [0.1, 0.15) is 48.4 Å². The zero-order valence-corrected chi connectivity index (χ0v) is 10.7. The van der Waals surface area contributed by atoms with Crippen molar-refractivity contribution in [2.75, 3.05) is 13.1 Å². The predicted molar refractivity (Wildman–Crippen MR) is 68.3 cm³/mol. The molecule has 18 heavy (non-hydrogen) atoms. The Bertz CT molecular complexity index is 417. The molecule has 0 spiro atoms. The molecule has 98 valence electrons. The van der Waals surface area contributed by atoms with Crippen molar-refractivity contribution in [3.63, 3.8) is 0 Å². The standard InChI is InChI=1S/C14H20N2O2/c17-14(16-8-2-1-3-9-16)13-7-6-12(18-13)10-15-11-4-5-11/h6-7,11,15H,1-5,8-10H2. The van der Waals surface area contributed by atoms with E-state index in [1.807, 2.05) is 11.0 Å². The van der Waals surface area contributed by atoms with Crippen LogP contribution >= 0.6 is 0 Å². The number of likely N-dealkylation sites (tertiary alicyclic amines) is 1. The average molecular weight is 248 g/mol. The fourth-order valence-electron chi connectivity index (χ4n) is 2.37. The summed E-state index contributed by atoms with van der Waals surface area (Å²) in [6, 6.07) is 4.38. The van der Waals surface area contributed by atoms with Gasteiger partial charge in [-0.1, -0.05) is 0 Å². The van der Waals surface area contributed by atoms with Crippen LogP contribution in [-0.4, -0.2) is 29.9 Å². The van der Waals surface area contributed by atoms with E-state index >= 15 is 0 Å². The van der Waals surface area contributed by atoms with Gasteiger partial charge < -0.3 is 14.6 Å². The number of nitrogens with zero attached hydrogens (tertiary/aromatic N) is 1. The topological polar surface area (TPSA) is 45.5 Å². The van der Waals surface area contributed by atoms with E-state index in [-0.39, 0.29) is 5.91 Å². The number of carbonyl (C=O) groups excluding carboxylic acids is 1. The third kappa shape index (κ3) is 2.75. The molecular formula is C14H20N2O2. The number of piperidine rings is 1. The summed E-state index contributed by atoms with van der Waals surface area (Å²) in [4.78, 5) is 14.1. The lowest BCUT2D eigenvalue weighted by atomic mass is 10.1. The molecule has 1 aromatic heterocycles. The Kier molecular flexibility index (Phi) is 3.37. The quantitative estimate of drug-likeness (QED) is 0.888. The lowest BCUT2D eigenvalue weighted by molar-refractivity contribution is 0.0690. The molecule has 0 aromatic carbocycles. The summed E-state index contributed by atoms with van der Waals surface area (Å²) in [5.74, 6) is 1.40. The minimum absolute atomic E-state index is 0.0485. The zero-order valence-electron chi connectivity index (χ0n) is 10.7. The van der Waals surface area contributed by atoms with Crippen LogP contribution in [0.25, 0.3) is 0 Å². The molecule has 1 aliphatic heterocycles. The van der Waals surface area contributed by atoms with Gasteiger partial charge in [0, 0.05) is 19.1 Å². The first-order valence-corrected chi connectivity index (χ1v) is 6.94. The Morgan fingerprint density at radius 3 is 2.78 bits per heavy atom. The van der Waals surface area contributed by atoms with Crippen LogP contribution in [0.3, 0.4) is 0 Å². The van der Waals surface area contributed by atoms with E-state index in [1.165, 1.54) is 19.3 Å². The zero-order chi connectivity index (χ0) is 12.4. The van der Waals surface area contributed by atoms with E-state index in [2.05, 4.69) is 5.32 Å². The van der Waals surface area contributed by atoms with Gasteiger partial charge >= 0.3 is 0 Å². The summed E-state index contributed by atoms with van der Waals surface area (Å²) in [6.07, 6.45) is 5.99. The number of carbonyl (C=O) groups is 1. The van der Waals surface area contributed by atoms with Gasteiger partial charge in [0.05, 0.1) is 6.54 Å². The van der Waals surface area contributed by atoms with Crippen LogP contribution < -0.4 is 5.32 Å². The van der Waals surface area contributed by atoms with Crippen molar-refractivity contribution < 1.29 is 9.21 Å². The SMILES string of the molecule is O=C(c1ccc(CNC2CC2)o1)N1CCCCC1. The summed E-state index contributed by atoms with van der Waals surface area (Å²) >= 11 is 0. The molecule has 4 nitrogen and oxygen atoms in total. The lowest BCUT2D eigenvalue weighted by Crippen LogP contribution is -2.35. The molecule has 2 fully saturated rings. The second kappa shape index (κ2) is 5.14. The van der Waals surface area contributed by atoms with Crippen LogP contribution in [0.5, 0.6) is 0 Å². The molecule has 2 heterocycles. The molecule has 1 saturated carbocycles. The van der Waals surface area contributed by atoms with Gasteiger partial charge in [-0.15, -0.1) is 0 Å². The van der Waals surface area contributed by atoms with Crippen LogP contribution in [0.15, 0.2) is 16.5 Å². The van der Waals surface area contributed by atoms with E-state index in [0.717, 1.165) is 38.2 Å². The lowest BCUT2D eigenvalue weighted by Gasteiger charge is -2.25. The third-order valence-corrected chi connectivity index (χ3v) is 3.66. The van der Waals surface area contributed by atoms with Crippen molar-refractivity contribution in [3.05, 3.63) is 23.7 Å². The van der Waals surface area contributed by atoms with Crippen molar-refractivity contribution in [2.45, 2.75) is 44.7 Å². The first-order valence-electron chi connectivity index (χ1n) is 6.94. The van der Waals surface area contributed by atoms with E-state index in [9.17, 15) is 4.79 Å². The Labute approximate surface area is 107 Å². The van der Waals surface area contributed by atoms with Crippen LogP contribution in [-0.2, 0) is 6.54 Å². The third-order valence-electron chi connectivity index (χ3n) is 3.66. The monoisotopic (exact) mass is 248 g/mol. The van der Waals surface area contributed by atoms with Gasteiger partial charge in [-0.05, 0) is 44.2 Å². The molecule has 0 unspecified atom stereocenters. The highest BCUT2D eigenvalue weighted by molar-refractivity contribution is 5.91. The van der Waals surface area contributed by atoms with Crippen molar-refractivity contribution >= 4 is 5.91 Å². The number of hydrogen-bond acceptors (Lipinski definition) is 3. The largest absolute Gasteiger partial charge is 0.455 e. The average Bonchev–Trinajstić information content (AvgIpc) is 3.14. The molecule has 0 atom stereocenters. The number of nitrogens with one attached hydrogen (secondary N) is 1. The molecule has 1 aliphatic carbocycles. The van der Waals surface area contributed by atoms with Crippen molar-refractivity contribution in [3.8, 4) is 0 Å². The van der Waals surface area contributed by atoms with Crippen molar-refractivity contribution in [1.82, 2.24) is 10.2 Å². The minimum Gasteiger partial charge on any atom is -0.455 e. The summed E-state index contributed by atoms with van der Waals surface area (Å²) in [7, 11) is 0. The molecule has 4 heteroatoms. The molecule has 1 saturated heterocycles. The first-order chi connectivity index (χ1) is 8.83. The van der Waals surface area contributed by atoms with Crippen LogP contribution in [0.4, 0.5) is 0 Å². The Morgan fingerprint density at radius 1 is 1.28 bits per heavy atom. The Morgan fingerprint density at radius 2 is 2.06 bits per heavy atom. The van der Waals surface area contributed by atoms with E-state index < -0.39 is 0 Å². The molecule has 0 bridgehead atoms. The molecule has 1 aromatic rings. The molecule has 3 rings (SSSR count). The number of amides is 1. The minimum atomic E-state index is 0.0485. The van der Waals surface area contributed by atoms with Gasteiger partial charge in [0.15, 0.2) is 5.76 Å². The fourth-order valence-corrected chi connectivity index (χ4v) is 2.37. The molecule has 1 amide bonds. The highest BCUT2D eigenvalue weighted by Crippen LogP contribution is 2.20. The maximum absolute atomic E-state index is 12.2. The highest BCUT2D eigenvalue weighted by Gasteiger charge is 2.23. The molecular weight excluding hydrogens is 228 g/mol. The number of rotatable bonds is 4. The van der Waals surface area contributed by atoms with E-state index in [0.29, 0.717) is 11.8 Å². The normalized spacial score (nSPS) is 20.1. The molecule has 0 radical (unpaired) electrons. The van der Waals surface area contributed by atoms with Crippen molar-refractivity contribution in [2.24, 2.45) is 0 Å². The van der Waals surface area contributed by atoms with Gasteiger partial charge in [-0.25, -0.2) is 0 Å². The van der Waals surface area contributed by atoms with E-state index in [4.69, 9.17) is 4.42 Å². The Hall–Kier alpha value is -1.29. The van der Waals surface area contributed by atoms with Crippen LogP contribution in [0, 0.1) is 0 Å².